The minimum Gasteiger partial charge on any atom is -0.384 e. The number of alkyl halides is 2. The lowest BCUT2D eigenvalue weighted by molar-refractivity contribution is 0.150. The van der Waals surface area contributed by atoms with Crippen LogP contribution in [0.3, 0.4) is 0 Å². The first-order valence-electron chi connectivity index (χ1n) is 3.97. The largest absolute Gasteiger partial charge is 0.384 e. The molecule has 1 heterocycles. The molecule has 0 spiro atoms. The molecule has 0 aliphatic carbocycles. The van der Waals surface area contributed by atoms with E-state index in [1.807, 2.05) is 6.07 Å². The molecule has 0 radical (unpaired) electrons. The number of nitrogens with two attached hydrogens (primary N) is 1. The number of aryl methyl sites for hydroxylation is 1. The van der Waals surface area contributed by atoms with Crippen molar-refractivity contribution in [3.05, 3.63) is 22.9 Å². The number of nitrogens with zero attached hydrogens (tertiary/aromatic N) is 2. The molecule has 0 fully saturated rings. The lowest BCUT2D eigenvalue weighted by atomic mass is 10.0. The molecule has 0 atom stereocenters. The third kappa shape index (κ3) is 1.96. The SMILES string of the molecule is Cc1nc(N)cc(C(F)F)c1CC#N. The zero-order valence-corrected chi connectivity index (χ0v) is 7.59. The minimum absolute atomic E-state index is 0.0551. The summed E-state index contributed by atoms with van der Waals surface area (Å²) in [6.45, 7) is 1.56. The van der Waals surface area contributed by atoms with Crippen LogP contribution in [-0.4, -0.2) is 4.98 Å². The van der Waals surface area contributed by atoms with E-state index in [-0.39, 0.29) is 23.4 Å². The number of rotatable bonds is 2. The fourth-order valence-electron chi connectivity index (χ4n) is 1.25. The highest BCUT2D eigenvalue weighted by Gasteiger charge is 2.16. The molecular weight excluding hydrogens is 188 g/mol. The third-order valence-corrected chi connectivity index (χ3v) is 1.88. The van der Waals surface area contributed by atoms with Gasteiger partial charge < -0.3 is 5.73 Å². The van der Waals surface area contributed by atoms with Crippen LogP contribution in [0, 0.1) is 18.3 Å². The molecule has 1 aromatic rings. The molecule has 3 nitrogen and oxygen atoms in total. The molecular formula is C9H9F2N3. The first-order valence-corrected chi connectivity index (χ1v) is 3.97. The van der Waals surface area contributed by atoms with E-state index in [1.54, 1.807) is 6.92 Å². The molecule has 2 N–H and O–H groups in total. The van der Waals surface area contributed by atoms with E-state index in [2.05, 4.69) is 4.98 Å². The van der Waals surface area contributed by atoms with Crippen LogP contribution >= 0.6 is 0 Å². The summed E-state index contributed by atoms with van der Waals surface area (Å²) >= 11 is 0. The molecule has 14 heavy (non-hydrogen) atoms. The Hall–Kier alpha value is -1.70. The number of anilines is 1. The molecule has 74 valence electrons. The van der Waals surface area contributed by atoms with Gasteiger partial charge in [0, 0.05) is 11.3 Å². The Labute approximate surface area is 80.2 Å². The number of nitriles is 1. The molecule has 0 aromatic carbocycles. The highest BCUT2D eigenvalue weighted by atomic mass is 19.3. The Morgan fingerprint density at radius 3 is 2.79 bits per heavy atom. The number of hydrogen-bond donors (Lipinski definition) is 1. The average molecular weight is 197 g/mol. The summed E-state index contributed by atoms with van der Waals surface area (Å²) in [6.07, 6.45) is -2.69. The van der Waals surface area contributed by atoms with E-state index in [0.29, 0.717) is 5.69 Å². The second-order valence-electron chi connectivity index (χ2n) is 2.84. The number of nitrogen functional groups attached to an aromatic ring is 1. The monoisotopic (exact) mass is 197 g/mol. The van der Waals surface area contributed by atoms with Crippen molar-refractivity contribution < 1.29 is 8.78 Å². The number of halogens is 2. The van der Waals surface area contributed by atoms with Crippen molar-refractivity contribution in [1.82, 2.24) is 4.98 Å². The van der Waals surface area contributed by atoms with Crippen LogP contribution in [-0.2, 0) is 6.42 Å². The average Bonchev–Trinajstić information content (AvgIpc) is 2.09. The number of pyridine rings is 1. The zero-order valence-electron chi connectivity index (χ0n) is 7.59. The molecule has 1 aromatic heterocycles. The van der Waals surface area contributed by atoms with Crippen molar-refractivity contribution in [1.29, 1.82) is 5.26 Å². The predicted molar refractivity (Wildman–Crippen MR) is 47.7 cm³/mol. The van der Waals surface area contributed by atoms with E-state index >= 15 is 0 Å². The van der Waals surface area contributed by atoms with Crippen LogP contribution in [0.15, 0.2) is 6.07 Å². The molecule has 0 aliphatic rings. The summed E-state index contributed by atoms with van der Waals surface area (Å²) in [4.78, 5) is 3.83. The van der Waals surface area contributed by atoms with Gasteiger partial charge >= 0.3 is 0 Å². The van der Waals surface area contributed by atoms with Crippen molar-refractivity contribution in [2.24, 2.45) is 0 Å². The first-order chi connectivity index (χ1) is 6.56. The van der Waals surface area contributed by atoms with Gasteiger partial charge in [-0.05, 0) is 18.6 Å². The van der Waals surface area contributed by atoms with E-state index < -0.39 is 6.43 Å². The van der Waals surface area contributed by atoms with Crippen molar-refractivity contribution in [2.45, 2.75) is 19.8 Å². The maximum absolute atomic E-state index is 12.5. The minimum atomic E-state index is -2.62. The van der Waals surface area contributed by atoms with Crippen LogP contribution in [0.25, 0.3) is 0 Å². The number of hydrogen-bond acceptors (Lipinski definition) is 3. The van der Waals surface area contributed by atoms with E-state index in [4.69, 9.17) is 11.0 Å². The summed E-state index contributed by atoms with van der Waals surface area (Å²) in [7, 11) is 0. The van der Waals surface area contributed by atoms with Crippen molar-refractivity contribution in [2.75, 3.05) is 5.73 Å². The lowest BCUT2D eigenvalue weighted by Gasteiger charge is -2.09. The summed E-state index contributed by atoms with van der Waals surface area (Å²) < 4.78 is 25.0. The smallest absolute Gasteiger partial charge is 0.264 e. The number of aromatic nitrogens is 1. The quantitative estimate of drug-likeness (QED) is 0.788. The first kappa shape index (κ1) is 10.4. The van der Waals surface area contributed by atoms with Crippen molar-refractivity contribution >= 4 is 5.82 Å². The molecule has 0 saturated heterocycles. The van der Waals surface area contributed by atoms with Crippen LogP contribution in [0.5, 0.6) is 0 Å². The van der Waals surface area contributed by atoms with E-state index in [9.17, 15) is 8.78 Å². The van der Waals surface area contributed by atoms with Gasteiger partial charge in [-0.1, -0.05) is 0 Å². The Balaban J connectivity index is 3.30. The molecule has 0 saturated carbocycles. The summed E-state index contributed by atoms with van der Waals surface area (Å²) in [5, 5.41) is 8.47. The van der Waals surface area contributed by atoms with Gasteiger partial charge in [0.15, 0.2) is 0 Å². The molecule has 0 bridgehead atoms. The maximum Gasteiger partial charge on any atom is 0.264 e. The normalized spacial score (nSPS) is 10.2. The molecule has 0 aliphatic heterocycles. The summed E-state index contributed by atoms with van der Waals surface area (Å²) in [5.41, 5.74) is 5.80. The van der Waals surface area contributed by atoms with Gasteiger partial charge in [-0.25, -0.2) is 13.8 Å². The van der Waals surface area contributed by atoms with Crippen molar-refractivity contribution in [3.8, 4) is 6.07 Å². The fourth-order valence-corrected chi connectivity index (χ4v) is 1.25. The van der Waals surface area contributed by atoms with E-state index in [1.165, 1.54) is 0 Å². The molecule has 1 rings (SSSR count). The maximum atomic E-state index is 12.5. The van der Waals surface area contributed by atoms with Crippen LogP contribution in [0.1, 0.15) is 23.2 Å². The van der Waals surface area contributed by atoms with Gasteiger partial charge in [-0.2, -0.15) is 5.26 Å². The van der Waals surface area contributed by atoms with Gasteiger partial charge in [0.25, 0.3) is 6.43 Å². The summed E-state index contributed by atoms with van der Waals surface area (Å²) in [5.74, 6) is 0.0551. The zero-order chi connectivity index (χ0) is 10.7. The van der Waals surface area contributed by atoms with Gasteiger partial charge in [0.05, 0.1) is 12.5 Å². The Bertz CT molecular complexity index is 382. The summed E-state index contributed by atoms with van der Waals surface area (Å²) in [6, 6.07) is 2.94. The van der Waals surface area contributed by atoms with Crippen LogP contribution in [0.2, 0.25) is 0 Å². The predicted octanol–water partition coefficient (Wildman–Crippen LogP) is 1.98. The van der Waals surface area contributed by atoms with Gasteiger partial charge in [-0.15, -0.1) is 0 Å². The fraction of sp³-hybridized carbons (Fsp3) is 0.333. The van der Waals surface area contributed by atoms with Crippen LogP contribution < -0.4 is 5.73 Å². The highest BCUT2D eigenvalue weighted by Crippen LogP contribution is 2.26. The van der Waals surface area contributed by atoms with Gasteiger partial charge in [0.1, 0.15) is 5.82 Å². The standard InChI is InChI=1S/C9H9F2N3/c1-5-6(2-3-12)7(9(10)11)4-8(13)14-5/h4,9H,2H2,1H3,(H2,13,14). The second-order valence-corrected chi connectivity index (χ2v) is 2.84. The Morgan fingerprint density at radius 2 is 2.29 bits per heavy atom. The Morgan fingerprint density at radius 1 is 1.64 bits per heavy atom. The molecule has 5 heteroatoms. The van der Waals surface area contributed by atoms with Crippen LogP contribution in [0.4, 0.5) is 14.6 Å². The molecule has 0 amide bonds. The van der Waals surface area contributed by atoms with Gasteiger partial charge in [0.2, 0.25) is 0 Å². The molecule has 0 unspecified atom stereocenters. The van der Waals surface area contributed by atoms with E-state index in [0.717, 1.165) is 6.07 Å². The van der Waals surface area contributed by atoms with Gasteiger partial charge in [-0.3, -0.25) is 0 Å². The second kappa shape index (κ2) is 4.01. The highest BCUT2D eigenvalue weighted by molar-refractivity contribution is 5.42. The Kier molecular flexibility index (Phi) is 2.97. The topological polar surface area (TPSA) is 62.7 Å². The third-order valence-electron chi connectivity index (χ3n) is 1.88. The van der Waals surface area contributed by atoms with Crippen molar-refractivity contribution in [3.63, 3.8) is 0 Å². The lowest BCUT2D eigenvalue weighted by Crippen LogP contribution is -2.03.